The smallest absolute Gasteiger partial charge is 0.273 e. The van der Waals surface area contributed by atoms with E-state index in [4.69, 9.17) is 0 Å². The topological polar surface area (TPSA) is 38.1 Å². The number of aryl methyl sites for hydroxylation is 2. The molecule has 0 radical (unpaired) electrons. The van der Waals surface area contributed by atoms with Crippen LogP contribution in [0.25, 0.3) is 0 Å². The number of carbonyl (C=O) groups excluding carboxylic acids is 1. The highest BCUT2D eigenvalue weighted by atomic mass is 79.9. The van der Waals surface area contributed by atoms with Gasteiger partial charge in [0.25, 0.3) is 5.91 Å². The Morgan fingerprint density at radius 1 is 1.33 bits per heavy atom. The molecule has 4 nitrogen and oxygen atoms in total. The average Bonchev–Trinajstić information content (AvgIpc) is 3.07. The fourth-order valence-corrected chi connectivity index (χ4v) is 3.45. The van der Waals surface area contributed by atoms with Crippen molar-refractivity contribution in [3.63, 3.8) is 0 Å². The molecular weight excluding hydrogens is 330 g/mol. The van der Waals surface area contributed by atoms with E-state index >= 15 is 0 Å². The summed E-state index contributed by atoms with van der Waals surface area (Å²) >= 11 is 3.42. The highest BCUT2D eigenvalue weighted by Crippen LogP contribution is 2.34. The first-order valence-electron chi connectivity index (χ1n) is 7.13. The van der Waals surface area contributed by atoms with Crippen LogP contribution in [0.1, 0.15) is 40.5 Å². The van der Waals surface area contributed by atoms with Crippen molar-refractivity contribution in [3.8, 4) is 0 Å². The number of amides is 1. The zero-order valence-electron chi connectivity index (χ0n) is 12.2. The van der Waals surface area contributed by atoms with Crippen LogP contribution in [-0.4, -0.2) is 27.1 Å². The molecule has 0 N–H and O–H groups in total. The molecule has 1 atom stereocenters. The maximum Gasteiger partial charge on any atom is 0.273 e. The van der Waals surface area contributed by atoms with Crippen molar-refractivity contribution in [2.24, 2.45) is 7.05 Å². The van der Waals surface area contributed by atoms with Gasteiger partial charge in [-0.15, -0.1) is 0 Å². The van der Waals surface area contributed by atoms with Crippen molar-refractivity contribution in [1.82, 2.24) is 14.7 Å². The van der Waals surface area contributed by atoms with Gasteiger partial charge < -0.3 is 4.90 Å². The molecule has 1 aromatic heterocycles. The van der Waals surface area contributed by atoms with Gasteiger partial charge in [0.05, 0.1) is 16.7 Å². The third kappa shape index (κ3) is 2.62. The summed E-state index contributed by atoms with van der Waals surface area (Å²) in [7, 11) is 1.80. The molecule has 1 aromatic carbocycles. The van der Waals surface area contributed by atoms with Crippen LogP contribution in [0.5, 0.6) is 0 Å². The van der Waals surface area contributed by atoms with Gasteiger partial charge in [0, 0.05) is 13.6 Å². The molecule has 5 heteroatoms. The van der Waals surface area contributed by atoms with E-state index in [1.807, 2.05) is 4.90 Å². The van der Waals surface area contributed by atoms with Crippen molar-refractivity contribution in [1.29, 1.82) is 0 Å². The normalized spacial score (nSPS) is 18.2. The van der Waals surface area contributed by atoms with Gasteiger partial charge in [-0.05, 0) is 41.3 Å². The van der Waals surface area contributed by atoms with Crippen molar-refractivity contribution < 1.29 is 4.79 Å². The molecule has 2 heterocycles. The summed E-state index contributed by atoms with van der Waals surface area (Å²) in [5.74, 6) is 0.0463. The van der Waals surface area contributed by atoms with Crippen molar-refractivity contribution in [3.05, 3.63) is 51.8 Å². The van der Waals surface area contributed by atoms with Gasteiger partial charge in [-0.2, -0.15) is 5.10 Å². The highest BCUT2D eigenvalue weighted by molar-refractivity contribution is 9.10. The lowest BCUT2D eigenvalue weighted by Gasteiger charge is -2.25. The summed E-state index contributed by atoms with van der Waals surface area (Å²) in [5.41, 5.74) is 3.07. The summed E-state index contributed by atoms with van der Waals surface area (Å²) < 4.78 is 2.39. The zero-order valence-corrected chi connectivity index (χ0v) is 13.8. The highest BCUT2D eigenvalue weighted by Gasteiger charge is 2.32. The molecule has 110 valence electrons. The first-order chi connectivity index (χ1) is 10.1. The Kier molecular flexibility index (Phi) is 3.85. The molecule has 0 bridgehead atoms. The molecule has 1 amide bonds. The van der Waals surface area contributed by atoms with Crippen LogP contribution in [0.15, 0.2) is 34.9 Å². The molecule has 1 aliphatic heterocycles. The number of hydrogen-bond donors (Lipinski definition) is 0. The Balaban J connectivity index is 1.90. The van der Waals surface area contributed by atoms with Gasteiger partial charge in [0.1, 0.15) is 5.69 Å². The molecule has 0 aliphatic carbocycles. The monoisotopic (exact) mass is 347 g/mol. The molecule has 21 heavy (non-hydrogen) atoms. The minimum Gasteiger partial charge on any atom is -0.330 e. The molecule has 1 saturated heterocycles. The van der Waals surface area contributed by atoms with E-state index in [1.54, 1.807) is 17.9 Å². The number of hydrogen-bond acceptors (Lipinski definition) is 2. The molecule has 1 aliphatic rings. The molecule has 2 aromatic rings. The van der Waals surface area contributed by atoms with Crippen molar-refractivity contribution >= 4 is 21.8 Å². The first kappa shape index (κ1) is 14.3. The van der Waals surface area contributed by atoms with Gasteiger partial charge >= 0.3 is 0 Å². The Hall–Kier alpha value is -1.62. The van der Waals surface area contributed by atoms with E-state index in [2.05, 4.69) is 52.2 Å². The van der Waals surface area contributed by atoms with Crippen LogP contribution in [0.3, 0.4) is 0 Å². The number of rotatable bonds is 2. The summed E-state index contributed by atoms with van der Waals surface area (Å²) in [5, 5.41) is 4.14. The van der Waals surface area contributed by atoms with E-state index in [1.165, 1.54) is 11.1 Å². The molecule has 3 rings (SSSR count). The zero-order chi connectivity index (χ0) is 15.0. The van der Waals surface area contributed by atoms with Gasteiger partial charge in [-0.3, -0.25) is 9.48 Å². The number of carbonyl (C=O) groups is 1. The lowest BCUT2D eigenvalue weighted by Crippen LogP contribution is -2.32. The lowest BCUT2D eigenvalue weighted by atomic mass is 10.0. The maximum absolute atomic E-state index is 12.8. The van der Waals surface area contributed by atoms with E-state index < -0.39 is 0 Å². The van der Waals surface area contributed by atoms with Gasteiger partial charge in [-0.1, -0.05) is 29.8 Å². The Morgan fingerprint density at radius 3 is 2.67 bits per heavy atom. The SMILES string of the molecule is Cc1ccc([C@@H]2CCCN2C(=O)c2c(Br)cnn2C)cc1. The van der Waals surface area contributed by atoms with Crippen LogP contribution in [0.4, 0.5) is 0 Å². The van der Waals surface area contributed by atoms with Crippen LogP contribution >= 0.6 is 15.9 Å². The third-order valence-electron chi connectivity index (χ3n) is 4.07. The summed E-state index contributed by atoms with van der Waals surface area (Å²) in [6.45, 7) is 2.88. The van der Waals surface area contributed by atoms with Gasteiger partial charge in [0.2, 0.25) is 0 Å². The summed E-state index contributed by atoms with van der Waals surface area (Å²) in [4.78, 5) is 14.8. The second-order valence-corrected chi connectivity index (χ2v) is 6.39. The standard InChI is InChI=1S/C16H18BrN3O/c1-11-5-7-12(8-6-11)14-4-3-9-20(14)16(21)15-13(17)10-18-19(15)2/h5-8,10,14H,3-4,9H2,1-2H3/t14-/m0/s1. The van der Waals surface area contributed by atoms with Gasteiger partial charge in [0.15, 0.2) is 0 Å². The number of likely N-dealkylation sites (tertiary alicyclic amines) is 1. The fraction of sp³-hybridized carbons (Fsp3) is 0.375. The largest absolute Gasteiger partial charge is 0.330 e. The predicted octanol–water partition coefficient (Wildman–Crippen LogP) is 3.47. The number of halogens is 1. The van der Waals surface area contributed by atoms with E-state index in [0.717, 1.165) is 23.9 Å². The predicted molar refractivity (Wildman–Crippen MR) is 85.1 cm³/mol. The number of benzene rings is 1. The second kappa shape index (κ2) is 5.64. The Labute approximate surface area is 132 Å². The van der Waals surface area contributed by atoms with Crippen LogP contribution in [0, 0.1) is 6.92 Å². The van der Waals surface area contributed by atoms with Crippen molar-refractivity contribution in [2.75, 3.05) is 6.54 Å². The lowest BCUT2D eigenvalue weighted by molar-refractivity contribution is 0.0723. The summed E-state index contributed by atoms with van der Waals surface area (Å²) in [6.07, 6.45) is 3.73. The number of aromatic nitrogens is 2. The quantitative estimate of drug-likeness (QED) is 0.834. The Bertz CT molecular complexity index is 643. The molecule has 0 spiro atoms. The van der Waals surface area contributed by atoms with Crippen LogP contribution in [0.2, 0.25) is 0 Å². The number of nitrogens with zero attached hydrogens (tertiary/aromatic N) is 3. The molecular formula is C16H18BrN3O. The van der Waals surface area contributed by atoms with Crippen LogP contribution < -0.4 is 0 Å². The van der Waals surface area contributed by atoms with Crippen molar-refractivity contribution in [2.45, 2.75) is 25.8 Å². The molecule has 0 unspecified atom stereocenters. The third-order valence-corrected chi connectivity index (χ3v) is 4.65. The van der Waals surface area contributed by atoms with E-state index in [9.17, 15) is 4.79 Å². The molecule has 0 saturated carbocycles. The minimum atomic E-state index is 0.0463. The molecule has 1 fully saturated rings. The first-order valence-corrected chi connectivity index (χ1v) is 7.92. The second-order valence-electron chi connectivity index (χ2n) is 5.53. The van der Waals surface area contributed by atoms with Gasteiger partial charge in [-0.25, -0.2) is 0 Å². The van der Waals surface area contributed by atoms with Crippen LogP contribution in [-0.2, 0) is 7.05 Å². The fourth-order valence-electron chi connectivity index (χ4n) is 2.93. The Morgan fingerprint density at radius 2 is 2.05 bits per heavy atom. The average molecular weight is 348 g/mol. The van der Waals surface area contributed by atoms with E-state index in [-0.39, 0.29) is 11.9 Å². The summed E-state index contributed by atoms with van der Waals surface area (Å²) in [6, 6.07) is 8.64. The maximum atomic E-state index is 12.8. The van der Waals surface area contributed by atoms with E-state index in [0.29, 0.717) is 5.69 Å². The minimum absolute atomic E-state index is 0.0463.